The average molecular weight is 250 g/mol. The molecule has 1 aromatic carbocycles. The smallest absolute Gasteiger partial charge is 0.127 e. The second kappa shape index (κ2) is 6.30. The second-order valence-corrected chi connectivity index (χ2v) is 5.48. The fraction of sp³-hybridized carbons (Fsp3) is 0.600. The highest BCUT2D eigenvalue weighted by Crippen LogP contribution is 2.25. The number of benzene rings is 1. The highest BCUT2D eigenvalue weighted by atomic mass is 19.1. The zero-order valence-electron chi connectivity index (χ0n) is 11.2. The third-order valence-electron chi connectivity index (χ3n) is 3.83. The largest absolute Gasteiger partial charge is 0.326 e. The first-order chi connectivity index (χ1) is 8.69. The first-order valence-electron chi connectivity index (χ1n) is 6.85. The third-order valence-corrected chi connectivity index (χ3v) is 3.83. The number of hydrogen-bond acceptors (Lipinski definition) is 2. The first kappa shape index (κ1) is 13.5. The molecule has 0 amide bonds. The van der Waals surface area contributed by atoms with E-state index >= 15 is 0 Å². The van der Waals surface area contributed by atoms with Crippen molar-refractivity contribution in [1.82, 2.24) is 4.90 Å². The zero-order valence-corrected chi connectivity index (χ0v) is 11.2. The van der Waals surface area contributed by atoms with E-state index in [-0.39, 0.29) is 12.4 Å². The quantitative estimate of drug-likeness (QED) is 0.870. The summed E-state index contributed by atoms with van der Waals surface area (Å²) in [5.41, 5.74) is 7.29. The molecule has 1 fully saturated rings. The zero-order chi connectivity index (χ0) is 13.0. The lowest BCUT2D eigenvalue weighted by Gasteiger charge is -2.21. The molecule has 2 N–H and O–H groups in total. The first-order valence-corrected chi connectivity index (χ1v) is 6.85. The molecule has 0 aromatic heterocycles. The van der Waals surface area contributed by atoms with E-state index in [0.29, 0.717) is 5.56 Å². The summed E-state index contributed by atoms with van der Waals surface area (Å²) < 4.78 is 13.3. The molecule has 0 atom stereocenters. The molecule has 0 spiro atoms. The number of hydrogen-bond donors (Lipinski definition) is 1. The summed E-state index contributed by atoms with van der Waals surface area (Å²) in [6, 6.07) is 5.28. The molecule has 2 rings (SSSR count). The molecule has 0 radical (unpaired) electrons. The van der Waals surface area contributed by atoms with Crippen LogP contribution in [0.25, 0.3) is 0 Å². The van der Waals surface area contributed by atoms with Crippen molar-refractivity contribution >= 4 is 0 Å². The fourth-order valence-electron chi connectivity index (χ4n) is 2.89. The number of nitrogens with zero attached hydrogens (tertiary/aromatic N) is 1. The van der Waals surface area contributed by atoms with Crippen LogP contribution in [0.3, 0.4) is 0 Å². The van der Waals surface area contributed by atoms with Crippen LogP contribution in [0, 0.1) is 11.7 Å². The second-order valence-electron chi connectivity index (χ2n) is 5.48. The van der Waals surface area contributed by atoms with Crippen LogP contribution < -0.4 is 5.73 Å². The Labute approximate surface area is 109 Å². The van der Waals surface area contributed by atoms with Gasteiger partial charge in [0.15, 0.2) is 0 Å². The van der Waals surface area contributed by atoms with Gasteiger partial charge in [0.25, 0.3) is 0 Å². The number of nitrogens with two attached hydrogens (primary N) is 1. The summed E-state index contributed by atoms with van der Waals surface area (Å²) in [4.78, 5) is 2.34. The Morgan fingerprint density at radius 3 is 2.72 bits per heavy atom. The molecule has 0 saturated heterocycles. The molecule has 1 saturated carbocycles. The van der Waals surface area contributed by atoms with Gasteiger partial charge in [-0.15, -0.1) is 0 Å². The van der Waals surface area contributed by atoms with E-state index in [9.17, 15) is 4.39 Å². The van der Waals surface area contributed by atoms with Crippen molar-refractivity contribution in [2.75, 3.05) is 13.6 Å². The molecular formula is C15H23FN2. The molecule has 2 nitrogen and oxygen atoms in total. The predicted molar refractivity (Wildman–Crippen MR) is 72.6 cm³/mol. The van der Waals surface area contributed by atoms with Gasteiger partial charge < -0.3 is 10.6 Å². The molecule has 3 heteroatoms. The van der Waals surface area contributed by atoms with Crippen molar-refractivity contribution in [3.63, 3.8) is 0 Å². The Morgan fingerprint density at radius 2 is 2.06 bits per heavy atom. The molecule has 1 aromatic rings. The Hall–Kier alpha value is -0.930. The highest BCUT2D eigenvalue weighted by Gasteiger charge is 2.16. The average Bonchev–Trinajstić information content (AvgIpc) is 2.84. The SMILES string of the molecule is CN(Cc1ccc(F)c(CN)c1)CC1CCCC1. The van der Waals surface area contributed by atoms with Crippen molar-refractivity contribution < 1.29 is 4.39 Å². The summed E-state index contributed by atoms with van der Waals surface area (Å²) in [7, 11) is 2.14. The molecule has 18 heavy (non-hydrogen) atoms. The highest BCUT2D eigenvalue weighted by molar-refractivity contribution is 5.24. The van der Waals surface area contributed by atoms with Crippen molar-refractivity contribution in [2.24, 2.45) is 11.7 Å². The maximum Gasteiger partial charge on any atom is 0.127 e. The summed E-state index contributed by atoms with van der Waals surface area (Å²) >= 11 is 0. The van der Waals surface area contributed by atoms with Gasteiger partial charge >= 0.3 is 0 Å². The van der Waals surface area contributed by atoms with Crippen LogP contribution in [0.15, 0.2) is 18.2 Å². The van der Waals surface area contributed by atoms with Crippen LogP contribution in [-0.4, -0.2) is 18.5 Å². The molecule has 1 aliphatic carbocycles. The van der Waals surface area contributed by atoms with E-state index in [1.165, 1.54) is 31.7 Å². The van der Waals surface area contributed by atoms with E-state index in [2.05, 4.69) is 11.9 Å². The van der Waals surface area contributed by atoms with Gasteiger partial charge in [0.1, 0.15) is 5.82 Å². The summed E-state index contributed by atoms with van der Waals surface area (Å²) in [6.07, 6.45) is 5.49. The molecular weight excluding hydrogens is 227 g/mol. The molecule has 0 heterocycles. The minimum Gasteiger partial charge on any atom is -0.326 e. The van der Waals surface area contributed by atoms with Crippen LogP contribution in [0.1, 0.15) is 36.8 Å². The third kappa shape index (κ3) is 3.53. The van der Waals surface area contributed by atoms with E-state index in [0.717, 1.165) is 24.6 Å². The number of halogens is 1. The van der Waals surface area contributed by atoms with Gasteiger partial charge in [-0.3, -0.25) is 0 Å². The minimum atomic E-state index is -0.195. The van der Waals surface area contributed by atoms with Gasteiger partial charge in [-0.25, -0.2) is 4.39 Å². The maximum absolute atomic E-state index is 13.3. The minimum absolute atomic E-state index is 0.195. The van der Waals surface area contributed by atoms with Gasteiger partial charge in [-0.1, -0.05) is 25.0 Å². The predicted octanol–water partition coefficient (Wildman–Crippen LogP) is 2.91. The van der Waals surface area contributed by atoms with Gasteiger partial charge in [0, 0.05) is 25.2 Å². The van der Waals surface area contributed by atoms with Crippen molar-refractivity contribution in [3.8, 4) is 0 Å². The fourth-order valence-corrected chi connectivity index (χ4v) is 2.89. The maximum atomic E-state index is 13.3. The van der Waals surface area contributed by atoms with Crippen molar-refractivity contribution in [3.05, 3.63) is 35.1 Å². The lowest BCUT2D eigenvalue weighted by atomic mass is 10.1. The van der Waals surface area contributed by atoms with Gasteiger partial charge in [0.2, 0.25) is 0 Å². The molecule has 0 aliphatic heterocycles. The Bertz CT molecular complexity index is 386. The van der Waals surface area contributed by atoms with Crippen LogP contribution in [0.4, 0.5) is 4.39 Å². The monoisotopic (exact) mass is 250 g/mol. The van der Waals surface area contributed by atoms with Crippen LogP contribution in [0.5, 0.6) is 0 Å². The standard InChI is InChI=1S/C15H23FN2/c1-18(10-12-4-2-3-5-12)11-13-6-7-15(16)14(8-13)9-17/h6-8,12H,2-5,9-11,17H2,1H3. The molecule has 1 aliphatic rings. The van der Waals surface area contributed by atoms with E-state index < -0.39 is 0 Å². The molecule has 0 unspecified atom stereocenters. The van der Waals surface area contributed by atoms with Crippen molar-refractivity contribution in [2.45, 2.75) is 38.8 Å². The Kier molecular flexibility index (Phi) is 4.72. The van der Waals surface area contributed by atoms with E-state index in [1.807, 2.05) is 12.1 Å². The summed E-state index contributed by atoms with van der Waals surface area (Å²) in [5.74, 6) is 0.657. The topological polar surface area (TPSA) is 29.3 Å². The lowest BCUT2D eigenvalue weighted by Crippen LogP contribution is -2.24. The van der Waals surface area contributed by atoms with Gasteiger partial charge in [-0.05, 0) is 37.4 Å². The van der Waals surface area contributed by atoms with Crippen molar-refractivity contribution in [1.29, 1.82) is 0 Å². The Balaban J connectivity index is 1.91. The van der Waals surface area contributed by atoms with E-state index in [4.69, 9.17) is 5.73 Å². The normalized spacial score (nSPS) is 16.7. The van der Waals surface area contributed by atoms with Gasteiger partial charge in [0.05, 0.1) is 0 Å². The van der Waals surface area contributed by atoms with E-state index in [1.54, 1.807) is 0 Å². The Morgan fingerprint density at radius 1 is 1.33 bits per heavy atom. The molecule has 0 bridgehead atoms. The number of rotatable bonds is 5. The van der Waals surface area contributed by atoms with Crippen LogP contribution in [0.2, 0.25) is 0 Å². The van der Waals surface area contributed by atoms with Gasteiger partial charge in [-0.2, -0.15) is 0 Å². The molecule has 100 valence electrons. The van der Waals surface area contributed by atoms with Crippen LogP contribution in [-0.2, 0) is 13.1 Å². The van der Waals surface area contributed by atoms with Crippen LogP contribution >= 0.6 is 0 Å². The lowest BCUT2D eigenvalue weighted by molar-refractivity contribution is 0.271. The summed E-state index contributed by atoms with van der Waals surface area (Å²) in [6.45, 7) is 2.30. The summed E-state index contributed by atoms with van der Waals surface area (Å²) in [5, 5.41) is 0.